The molecule has 0 aromatic heterocycles. The largest absolute Gasteiger partial charge is 0.492 e. The summed E-state index contributed by atoms with van der Waals surface area (Å²) in [6.07, 6.45) is 1.09. The summed E-state index contributed by atoms with van der Waals surface area (Å²) in [5.41, 5.74) is 5.36. The number of thiocarbonyl (C=S) groups is 1. The van der Waals surface area contributed by atoms with Gasteiger partial charge in [0.25, 0.3) is 0 Å². The topological polar surface area (TPSA) is 69.4 Å². The molecule has 0 bridgehead atoms. The van der Waals surface area contributed by atoms with Crippen LogP contribution in [-0.4, -0.2) is 32.0 Å². The summed E-state index contributed by atoms with van der Waals surface area (Å²) in [6, 6.07) is 4.13. The minimum Gasteiger partial charge on any atom is -0.492 e. The van der Waals surface area contributed by atoms with Crippen molar-refractivity contribution in [3.63, 3.8) is 0 Å². The van der Waals surface area contributed by atoms with E-state index in [-0.39, 0.29) is 28.7 Å². The van der Waals surface area contributed by atoms with Gasteiger partial charge in [-0.25, -0.2) is 12.8 Å². The molecular weight excluding hydrogens is 265 g/mol. The van der Waals surface area contributed by atoms with E-state index in [0.717, 1.165) is 6.26 Å². The maximum absolute atomic E-state index is 13.4. The molecule has 0 aliphatic carbocycles. The average Bonchev–Trinajstić information content (AvgIpc) is 2.14. The normalized spacial score (nSPS) is 11.2. The zero-order valence-corrected chi connectivity index (χ0v) is 10.8. The first-order chi connectivity index (χ1) is 7.81. The minimum absolute atomic E-state index is 0.00370. The first-order valence-corrected chi connectivity index (χ1v) is 7.17. The molecule has 0 heterocycles. The van der Waals surface area contributed by atoms with Gasteiger partial charge in [0.05, 0.1) is 11.3 Å². The molecular formula is C10H12FNO3S2. The van der Waals surface area contributed by atoms with Crippen LogP contribution in [-0.2, 0) is 9.84 Å². The second-order valence-electron chi connectivity index (χ2n) is 3.46. The Morgan fingerprint density at radius 3 is 2.71 bits per heavy atom. The predicted molar refractivity (Wildman–Crippen MR) is 67.5 cm³/mol. The van der Waals surface area contributed by atoms with Crippen LogP contribution in [0.15, 0.2) is 18.2 Å². The third-order valence-corrected chi connectivity index (χ3v) is 3.05. The summed E-state index contributed by atoms with van der Waals surface area (Å²) >= 11 is 4.70. The molecule has 0 spiro atoms. The molecule has 4 nitrogen and oxygen atoms in total. The number of hydrogen-bond donors (Lipinski definition) is 1. The third kappa shape index (κ3) is 4.27. The number of nitrogens with two attached hydrogens (primary N) is 1. The van der Waals surface area contributed by atoms with Gasteiger partial charge in [0.15, 0.2) is 9.84 Å². The second-order valence-corrected chi connectivity index (χ2v) is 6.16. The highest BCUT2D eigenvalue weighted by Crippen LogP contribution is 2.21. The number of halogens is 1. The van der Waals surface area contributed by atoms with Crippen molar-refractivity contribution in [2.75, 3.05) is 18.6 Å². The number of hydrogen-bond acceptors (Lipinski definition) is 4. The van der Waals surface area contributed by atoms with Crippen LogP contribution in [0.5, 0.6) is 5.75 Å². The van der Waals surface area contributed by atoms with E-state index in [4.69, 9.17) is 22.7 Å². The fraction of sp³-hybridized carbons (Fsp3) is 0.300. The highest BCUT2D eigenvalue weighted by atomic mass is 32.2. The maximum Gasteiger partial charge on any atom is 0.150 e. The molecule has 1 aromatic carbocycles. The van der Waals surface area contributed by atoms with Crippen molar-refractivity contribution < 1.29 is 17.5 Å². The quantitative estimate of drug-likeness (QED) is 0.809. The van der Waals surface area contributed by atoms with Crippen molar-refractivity contribution in [2.24, 2.45) is 5.73 Å². The summed E-state index contributed by atoms with van der Waals surface area (Å²) in [7, 11) is -3.12. The van der Waals surface area contributed by atoms with Gasteiger partial charge < -0.3 is 10.5 Å². The van der Waals surface area contributed by atoms with Crippen molar-refractivity contribution in [2.45, 2.75) is 0 Å². The van der Waals surface area contributed by atoms with E-state index in [9.17, 15) is 12.8 Å². The number of sulfone groups is 1. The Morgan fingerprint density at radius 1 is 1.53 bits per heavy atom. The van der Waals surface area contributed by atoms with Crippen LogP contribution in [0.25, 0.3) is 0 Å². The van der Waals surface area contributed by atoms with Gasteiger partial charge >= 0.3 is 0 Å². The van der Waals surface area contributed by atoms with Gasteiger partial charge in [0.2, 0.25) is 0 Å². The van der Waals surface area contributed by atoms with Gasteiger partial charge in [0.1, 0.15) is 23.2 Å². The molecule has 2 N–H and O–H groups in total. The smallest absolute Gasteiger partial charge is 0.150 e. The van der Waals surface area contributed by atoms with Crippen molar-refractivity contribution in [1.82, 2.24) is 0 Å². The molecule has 1 rings (SSSR count). The van der Waals surface area contributed by atoms with Crippen molar-refractivity contribution in [3.8, 4) is 5.75 Å². The molecule has 0 saturated carbocycles. The maximum atomic E-state index is 13.4. The molecule has 0 aliphatic rings. The molecule has 7 heteroatoms. The molecule has 0 radical (unpaired) electrons. The Kier molecular flexibility index (Phi) is 4.41. The Bertz CT molecular complexity index is 528. The van der Waals surface area contributed by atoms with Gasteiger partial charge in [-0.1, -0.05) is 18.3 Å². The van der Waals surface area contributed by atoms with E-state index < -0.39 is 15.7 Å². The number of ether oxygens (including phenoxy) is 1. The highest BCUT2D eigenvalue weighted by molar-refractivity contribution is 7.90. The number of benzene rings is 1. The molecule has 0 fully saturated rings. The molecule has 0 unspecified atom stereocenters. The van der Waals surface area contributed by atoms with Crippen molar-refractivity contribution in [1.29, 1.82) is 0 Å². The Labute approximate surface area is 104 Å². The zero-order valence-electron chi connectivity index (χ0n) is 9.14. The van der Waals surface area contributed by atoms with Gasteiger partial charge in [0, 0.05) is 6.26 Å². The lowest BCUT2D eigenvalue weighted by atomic mass is 10.2. The lowest BCUT2D eigenvalue weighted by molar-refractivity contribution is 0.338. The third-order valence-electron chi connectivity index (χ3n) is 1.93. The highest BCUT2D eigenvalue weighted by Gasteiger charge is 2.12. The second kappa shape index (κ2) is 5.42. The minimum atomic E-state index is -3.12. The standard InChI is InChI=1S/C10H12FNO3S2/c1-17(13,14)6-5-15-8-4-2-3-7(11)9(8)10(12)16/h2-4H,5-6H2,1H3,(H2,12,16). The monoisotopic (exact) mass is 277 g/mol. The average molecular weight is 277 g/mol. The van der Waals surface area contributed by atoms with Crippen LogP contribution in [0.2, 0.25) is 0 Å². The zero-order chi connectivity index (χ0) is 13.1. The van der Waals surface area contributed by atoms with Crippen LogP contribution in [0.1, 0.15) is 5.56 Å². The van der Waals surface area contributed by atoms with Crippen LogP contribution in [0, 0.1) is 5.82 Å². The summed E-state index contributed by atoms with van der Waals surface area (Å²) in [5, 5.41) is 0. The lowest BCUT2D eigenvalue weighted by Crippen LogP contribution is -2.17. The van der Waals surface area contributed by atoms with E-state index in [1.807, 2.05) is 0 Å². The SMILES string of the molecule is CS(=O)(=O)CCOc1cccc(F)c1C(N)=S. The molecule has 0 atom stereocenters. The molecule has 17 heavy (non-hydrogen) atoms. The Balaban J connectivity index is 2.85. The summed E-state index contributed by atoms with van der Waals surface area (Å²) < 4.78 is 40.4. The molecule has 0 saturated heterocycles. The van der Waals surface area contributed by atoms with Gasteiger partial charge in [-0.2, -0.15) is 0 Å². The van der Waals surface area contributed by atoms with Crippen LogP contribution < -0.4 is 10.5 Å². The van der Waals surface area contributed by atoms with E-state index in [0.29, 0.717) is 0 Å². The van der Waals surface area contributed by atoms with Crippen LogP contribution >= 0.6 is 12.2 Å². The van der Waals surface area contributed by atoms with Crippen molar-refractivity contribution >= 4 is 27.0 Å². The van der Waals surface area contributed by atoms with Gasteiger partial charge in [-0.05, 0) is 12.1 Å². The summed E-state index contributed by atoms with van der Waals surface area (Å²) in [4.78, 5) is -0.127. The summed E-state index contributed by atoms with van der Waals surface area (Å²) in [6.45, 7) is -0.0715. The first-order valence-electron chi connectivity index (χ1n) is 4.70. The van der Waals surface area contributed by atoms with Crippen LogP contribution in [0.3, 0.4) is 0 Å². The molecule has 94 valence electrons. The Morgan fingerprint density at radius 2 is 2.18 bits per heavy atom. The predicted octanol–water partition coefficient (Wildman–Crippen LogP) is 0.883. The van der Waals surface area contributed by atoms with Crippen LogP contribution in [0.4, 0.5) is 4.39 Å². The van der Waals surface area contributed by atoms with Gasteiger partial charge in [-0.3, -0.25) is 0 Å². The Hall–Kier alpha value is -1.21. The molecule has 0 aliphatic heterocycles. The van der Waals surface area contributed by atoms with Crippen molar-refractivity contribution in [3.05, 3.63) is 29.6 Å². The fourth-order valence-corrected chi connectivity index (χ4v) is 1.75. The molecule has 0 amide bonds. The van der Waals surface area contributed by atoms with Gasteiger partial charge in [-0.15, -0.1) is 0 Å². The van der Waals surface area contributed by atoms with E-state index in [1.54, 1.807) is 0 Å². The van der Waals surface area contributed by atoms with E-state index in [1.165, 1.54) is 18.2 Å². The number of rotatable bonds is 5. The molecule has 1 aromatic rings. The lowest BCUT2D eigenvalue weighted by Gasteiger charge is -2.10. The summed E-state index contributed by atoms with van der Waals surface area (Å²) in [5.74, 6) is -0.587. The first kappa shape index (κ1) is 13.9. The fourth-order valence-electron chi connectivity index (χ4n) is 1.17. The van der Waals surface area contributed by atoms with E-state index >= 15 is 0 Å². The van der Waals surface area contributed by atoms with E-state index in [2.05, 4.69) is 0 Å².